The number of imide groups is 1. The average Bonchev–Trinajstić information content (AvgIpc) is 3.36. The maximum Gasteiger partial charge on any atom is 0.325 e. The molecule has 4 rings (SSSR count). The second-order valence-electron chi connectivity index (χ2n) is 6.70. The summed E-state index contributed by atoms with van der Waals surface area (Å²) >= 11 is 1.47. The van der Waals surface area contributed by atoms with E-state index in [1.54, 1.807) is 25.3 Å². The second-order valence-corrected chi connectivity index (χ2v) is 7.76. The Morgan fingerprint density at radius 2 is 2.03 bits per heavy atom. The van der Waals surface area contributed by atoms with E-state index >= 15 is 0 Å². The van der Waals surface area contributed by atoms with Crippen LogP contribution in [0.4, 0.5) is 10.5 Å². The number of nitrogens with one attached hydrogen (secondary N) is 2. The molecule has 3 aromatic rings. The van der Waals surface area contributed by atoms with Crippen molar-refractivity contribution < 1.29 is 23.8 Å². The Kier molecular flexibility index (Phi) is 6.58. The molecule has 162 valence electrons. The van der Waals surface area contributed by atoms with Crippen LogP contribution in [0.15, 0.2) is 47.6 Å². The van der Waals surface area contributed by atoms with Crippen LogP contribution >= 0.6 is 11.8 Å². The Morgan fingerprint density at radius 3 is 2.90 bits per heavy atom. The van der Waals surface area contributed by atoms with E-state index in [9.17, 15) is 9.59 Å². The SMILES string of the molecule is COCCn1c(SCCC(=O)NC(=O)Nc2ccc3c(c2)OCO3)nc2ccccc21. The minimum absolute atomic E-state index is 0.153. The Morgan fingerprint density at radius 1 is 1.19 bits per heavy atom. The Labute approximate surface area is 183 Å². The van der Waals surface area contributed by atoms with E-state index in [0.717, 1.165) is 16.2 Å². The maximum absolute atomic E-state index is 12.2. The standard InChI is InChI=1S/C21H22N4O5S/c1-28-10-9-25-16-5-3-2-4-15(16)23-21(25)31-11-8-19(26)24-20(27)22-14-6-7-17-18(12-14)30-13-29-17/h2-7,12H,8-11,13H2,1H3,(H2,22,24,26,27). The molecule has 9 nitrogen and oxygen atoms in total. The number of hydrogen-bond acceptors (Lipinski definition) is 7. The van der Waals surface area contributed by atoms with Crippen molar-refractivity contribution in [1.29, 1.82) is 0 Å². The number of fused-ring (bicyclic) bond motifs is 2. The van der Waals surface area contributed by atoms with Crippen molar-refractivity contribution in [2.45, 2.75) is 18.1 Å². The summed E-state index contributed by atoms with van der Waals surface area (Å²) in [5.74, 6) is 1.29. The van der Waals surface area contributed by atoms with E-state index in [1.165, 1.54) is 11.8 Å². The molecule has 2 aromatic carbocycles. The van der Waals surface area contributed by atoms with Gasteiger partial charge in [0.05, 0.1) is 17.6 Å². The van der Waals surface area contributed by atoms with Crippen molar-refractivity contribution >= 4 is 40.4 Å². The third-order valence-electron chi connectivity index (χ3n) is 4.58. The molecule has 0 spiro atoms. The number of carbonyl (C=O) groups is 2. The topological polar surface area (TPSA) is 104 Å². The number of nitrogens with zero attached hydrogens (tertiary/aromatic N) is 2. The molecule has 31 heavy (non-hydrogen) atoms. The number of carbonyl (C=O) groups excluding carboxylic acids is 2. The lowest BCUT2D eigenvalue weighted by Crippen LogP contribution is -2.34. The number of hydrogen-bond donors (Lipinski definition) is 2. The summed E-state index contributed by atoms with van der Waals surface area (Å²) in [5, 5.41) is 5.77. The number of para-hydroxylation sites is 2. The molecule has 0 fully saturated rings. The van der Waals surface area contributed by atoms with Crippen molar-refractivity contribution in [2.75, 3.05) is 31.6 Å². The molecule has 3 amide bonds. The molecule has 0 atom stereocenters. The largest absolute Gasteiger partial charge is 0.454 e. The molecule has 0 saturated carbocycles. The molecule has 0 radical (unpaired) electrons. The number of benzene rings is 2. The summed E-state index contributed by atoms with van der Waals surface area (Å²) in [5.41, 5.74) is 2.43. The van der Waals surface area contributed by atoms with E-state index in [2.05, 4.69) is 20.2 Å². The number of ether oxygens (including phenoxy) is 3. The first kappa shape index (κ1) is 21.0. The van der Waals surface area contributed by atoms with Gasteiger partial charge in [0.15, 0.2) is 16.7 Å². The van der Waals surface area contributed by atoms with E-state index in [0.29, 0.717) is 36.1 Å². The summed E-state index contributed by atoms with van der Waals surface area (Å²) in [4.78, 5) is 28.9. The molecular formula is C21H22N4O5S. The fraction of sp³-hybridized carbons (Fsp3) is 0.286. The molecular weight excluding hydrogens is 420 g/mol. The van der Waals surface area contributed by atoms with Crippen LogP contribution in [0, 0.1) is 0 Å². The highest BCUT2D eigenvalue weighted by atomic mass is 32.2. The summed E-state index contributed by atoms with van der Waals surface area (Å²) in [6.07, 6.45) is 0.173. The number of amides is 3. The van der Waals surface area contributed by atoms with Gasteiger partial charge in [0.25, 0.3) is 0 Å². The van der Waals surface area contributed by atoms with E-state index < -0.39 is 6.03 Å². The molecule has 2 heterocycles. The monoisotopic (exact) mass is 442 g/mol. The van der Waals surface area contributed by atoms with Crippen molar-refractivity contribution in [3.63, 3.8) is 0 Å². The van der Waals surface area contributed by atoms with E-state index in [4.69, 9.17) is 14.2 Å². The first-order chi connectivity index (χ1) is 15.1. The van der Waals surface area contributed by atoms with Gasteiger partial charge in [-0.2, -0.15) is 0 Å². The maximum atomic E-state index is 12.2. The Bertz CT molecular complexity index is 1100. The molecule has 10 heteroatoms. The van der Waals surface area contributed by atoms with Crippen LogP contribution in [0.5, 0.6) is 11.5 Å². The van der Waals surface area contributed by atoms with Crippen LogP contribution in [-0.2, 0) is 16.1 Å². The van der Waals surface area contributed by atoms with Crippen molar-refractivity contribution in [3.05, 3.63) is 42.5 Å². The van der Waals surface area contributed by atoms with E-state index in [1.807, 2.05) is 24.3 Å². The number of urea groups is 1. The van der Waals surface area contributed by atoms with Crippen LogP contribution in [0.3, 0.4) is 0 Å². The van der Waals surface area contributed by atoms with Gasteiger partial charge in [-0.05, 0) is 24.3 Å². The first-order valence-electron chi connectivity index (χ1n) is 9.71. The Balaban J connectivity index is 1.28. The van der Waals surface area contributed by atoms with Crippen LogP contribution in [0.1, 0.15) is 6.42 Å². The number of methoxy groups -OCH3 is 1. The van der Waals surface area contributed by atoms with E-state index in [-0.39, 0.29) is 19.1 Å². The minimum Gasteiger partial charge on any atom is -0.454 e. The third kappa shape index (κ3) is 5.09. The summed E-state index contributed by atoms with van der Waals surface area (Å²) in [6.45, 7) is 1.39. The predicted molar refractivity (Wildman–Crippen MR) is 117 cm³/mol. The highest BCUT2D eigenvalue weighted by Gasteiger charge is 2.16. The molecule has 2 N–H and O–H groups in total. The number of aromatic nitrogens is 2. The zero-order valence-corrected chi connectivity index (χ0v) is 17.7. The highest BCUT2D eigenvalue weighted by molar-refractivity contribution is 7.99. The second kappa shape index (κ2) is 9.71. The zero-order valence-electron chi connectivity index (χ0n) is 16.9. The molecule has 1 aromatic heterocycles. The summed E-state index contributed by atoms with van der Waals surface area (Å²) in [6, 6.07) is 12.3. The highest BCUT2D eigenvalue weighted by Crippen LogP contribution is 2.34. The lowest BCUT2D eigenvalue weighted by atomic mass is 10.3. The third-order valence-corrected chi connectivity index (χ3v) is 5.56. The van der Waals surface area contributed by atoms with Gasteiger partial charge in [-0.25, -0.2) is 9.78 Å². The van der Waals surface area contributed by atoms with Gasteiger partial charge in [0.1, 0.15) is 0 Å². The van der Waals surface area contributed by atoms with Crippen LogP contribution in [0.25, 0.3) is 11.0 Å². The van der Waals surface area contributed by atoms with Crippen molar-refractivity contribution in [2.24, 2.45) is 0 Å². The number of imidazole rings is 1. The number of rotatable bonds is 8. The van der Waals surface area contributed by atoms with Crippen LogP contribution in [-0.4, -0.2) is 47.8 Å². The summed E-state index contributed by atoms with van der Waals surface area (Å²) in [7, 11) is 1.66. The van der Waals surface area contributed by atoms with Gasteiger partial charge in [-0.15, -0.1) is 0 Å². The quantitative estimate of drug-likeness (QED) is 0.516. The molecule has 0 unspecified atom stereocenters. The lowest BCUT2D eigenvalue weighted by molar-refractivity contribution is -0.119. The van der Waals surface area contributed by atoms with Gasteiger partial charge < -0.3 is 24.1 Å². The van der Waals surface area contributed by atoms with Crippen molar-refractivity contribution in [3.8, 4) is 11.5 Å². The van der Waals surface area contributed by atoms with Gasteiger partial charge in [0.2, 0.25) is 12.7 Å². The van der Waals surface area contributed by atoms with Gasteiger partial charge in [-0.1, -0.05) is 23.9 Å². The lowest BCUT2D eigenvalue weighted by Gasteiger charge is -2.09. The molecule has 0 aliphatic carbocycles. The normalized spacial score (nSPS) is 12.2. The average molecular weight is 442 g/mol. The minimum atomic E-state index is -0.596. The molecule has 1 aliphatic rings. The molecule has 1 aliphatic heterocycles. The summed E-state index contributed by atoms with van der Waals surface area (Å²) < 4.78 is 17.8. The smallest absolute Gasteiger partial charge is 0.325 e. The van der Waals surface area contributed by atoms with Gasteiger partial charge >= 0.3 is 6.03 Å². The number of anilines is 1. The zero-order chi connectivity index (χ0) is 21.6. The molecule has 0 saturated heterocycles. The fourth-order valence-corrected chi connectivity index (χ4v) is 4.10. The predicted octanol–water partition coefficient (Wildman–Crippen LogP) is 3.24. The van der Waals surface area contributed by atoms with Gasteiger partial charge in [-0.3, -0.25) is 10.1 Å². The number of thioether (sulfide) groups is 1. The van der Waals surface area contributed by atoms with Crippen LogP contribution in [0.2, 0.25) is 0 Å². The van der Waals surface area contributed by atoms with Crippen LogP contribution < -0.4 is 20.1 Å². The van der Waals surface area contributed by atoms with Crippen molar-refractivity contribution in [1.82, 2.24) is 14.9 Å². The molecule has 0 bridgehead atoms. The first-order valence-corrected chi connectivity index (χ1v) is 10.7. The Hall–Kier alpha value is -3.24. The fourth-order valence-electron chi connectivity index (χ4n) is 3.12. The van der Waals surface area contributed by atoms with Gasteiger partial charge in [0, 0.05) is 37.6 Å².